The lowest BCUT2D eigenvalue weighted by molar-refractivity contribution is 0.102. The van der Waals surface area contributed by atoms with Gasteiger partial charge in [-0.15, -0.1) is 0 Å². The summed E-state index contributed by atoms with van der Waals surface area (Å²) in [4.78, 5) is 12.1. The minimum Gasteiger partial charge on any atom is -0.398 e. The number of nitrogens with two attached hydrogens (primary N) is 1. The van der Waals surface area contributed by atoms with Gasteiger partial charge in [0.2, 0.25) is 0 Å². The molecule has 0 aliphatic rings. The van der Waals surface area contributed by atoms with Crippen molar-refractivity contribution < 1.29 is 4.79 Å². The summed E-state index contributed by atoms with van der Waals surface area (Å²) in [5, 5.41) is 3.24. The van der Waals surface area contributed by atoms with E-state index < -0.39 is 0 Å². The highest BCUT2D eigenvalue weighted by molar-refractivity contribution is 9.10. The number of benzene rings is 2. The average Bonchev–Trinajstić information content (AvgIpc) is 2.37. The largest absolute Gasteiger partial charge is 0.398 e. The van der Waals surface area contributed by atoms with Gasteiger partial charge in [0.15, 0.2) is 0 Å². The van der Waals surface area contributed by atoms with E-state index in [-0.39, 0.29) is 5.91 Å². The topological polar surface area (TPSA) is 55.1 Å². The number of carbonyl (C=O) groups is 1. The highest BCUT2D eigenvalue weighted by atomic mass is 79.9. The molecule has 3 nitrogen and oxygen atoms in total. The van der Waals surface area contributed by atoms with Crippen molar-refractivity contribution in [3.63, 3.8) is 0 Å². The molecule has 0 saturated heterocycles. The molecule has 19 heavy (non-hydrogen) atoms. The molecule has 0 fully saturated rings. The normalized spacial score (nSPS) is 10.3. The number of carbonyl (C=O) groups excluding carboxylic acids is 1. The summed E-state index contributed by atoms with van der Waals surface area (Å²) in [5.74, 6) is -0.244. The van der Waals surface area contributed by atoms with Gasteiger partial charge < -0.3 is 11.1 Å². The van der Waals surface area contributed by atoms with Gasteiger partial charge in [-0.1, -0.05) is 33.6 Å². The molecule has 1 amide bonds. The summed E-state index contributed by atoms with van der Waals surface area (Å²) >= 11 is 9.36. The number of anilines is 2. The van der Waals surface area contributed by atoms with E-state index in [2.05, 4.69) is 21.2 Å². The molecule has 0 aromatic heterocycles. The Morgan fingerprint density at radius 3 is 2.68 bits per heavy atom. The molecule has 0 aliphatic carbocycles. The number of nitrogens with one attached hydrogen (secondary N) is 1. The molecule has 0 bridgehead atoms. The number of amides is 1. The minimum absolute atomic E-state index is 0.244. The smallest absolute Gasteiger partial charge is 0.255 e. The highest BCUT2D eigenvalue weighted by Crippen LogP contribution is 2.26. The van der Waals surface area contributed by atoms with Crippen LogP contribution >= 0.6 is 27.5 Å². The van der Waals surface area contributed by atoms with Crippen molar-refractivity contribution in [2.75, 3.05) is 11.1 Å². The molecule has 2 rings (SSSR count). The van der Waals surface area contributed by atoms with Crippen LogP contribution in [0.5, 0.6) is 0 Å². The Morgan fingerprint density at radius 1 is 1.26 bits per heavy atom. The number of aryl methyl sites for hydroxylation is 1. The zero-order valence-corrected chi connectivity index (χ0v) is 12.5. The van der Waals surface area contributed by atoms with Crippen molar-refractivity contribution >= 4 is 44.8 Å². The summed E-state index contributed by atoms with van der Waals surface area (Å²) in [6.45, 7) is 1.89. The molecule has 2 aromatic carbocycles. The van der Waals surface area contributed by atoms with Crippen molar-refractivity contribution in [1.29, 1.82) is 0 Å². The van der Waals surface area contributed by atoms with Gasteiger partial charge >= 0.3 is 0 Å². The van der Waals surface area contributed by atoms with Gasteiger partial charge in [0.25, 0.3) is 5.91 Å². The lowest BCUT2D eigenvalue weighted by Crippen LogP contribution is -2.12. The molecule has 3 N–H and O–H groups in total. The zero-order valence-electron chi connectivity index (χ0n) is 10.2. The summed E-state index contributed by atoms with van der Waals surface area (Å²) in [7, 11) is 0. The highest BCUT2D eigenvalue weighted by Gasteiger charge is 2.09. The fraction of sp³-hybridized carbons (Fsp3) is 0.0714. The average molecular weight is 340 g/mol. The van der Waals surface area contributed by atoms with E-state index in [1.165, 1.54) is 0 Å². The van der Waals surface area contributed by atoms with Crippen LogP contribution in [-0.2, 0) is 0 Å². The Kier molecular flexibility index (Phi) is 4.12. The van der Waals surface area contributed by atoms with Gasteiger partial charge in [-0.05, 0) is 42.8 Å². The molecule has 0 heterocycles. The van der Waals surface area contributed by atoms with Crippen LogP contribution in [0.15, 0.2) is 40.9 Å². The van der Waals surface area contributed by atoms with Crippen LogP contribution in [0.2, 0.25) is 5.02 Å². The van der Waals surface area contributed by atoms with Crippen molar-refractivity contribution in [2.24, 2.45) is 0 Å². The van der Waals surface area contributed by atoms with E-state index in [1.807, 2.05) is 19.1 Å². The molecule has 0 radical (unpaired) electrons. The van der Waals surface area contributed by atoms with E-state index in [9.17, 15) is 4.79 Å². The molecule has 0 atom stereocenters. The Morgan fingerprint density at radius 2 is 2.00 bits per heavy atom. The predicted molar refractivity (Wildman–Crippen MR) is 82.7 cm³/mol. The first-order valence-electron chi connectivity index (χ1n) is 5.60. The third-order valence-corrected chi connectivity index (χ3v) is 3.54. The maximum Gasteiger partial charge on any atom is 0.255 e. The van der Waals surface area contributed by atoms with Crippen molar-refractivity contribution in [3.05, 3.63) is 57.0 Å². The molecule has 0 unspecified atom stereocenters. The Balaban J connectivity index is 2.25. The van der Waals surface area contributed by atoms with Gasteiger partial charge in [0.05, 0.1) is 10.7 Å². The minimum atomic E-state index is -0.244. The Bertz CT molecular complexity index is 643. The van der Waals surface area contributed by atoms with Crippen LogP contribution in [0.25, 0.3) is 0 Å². The third kappa shape index (κ3) is 3.28. The maximum absolute atomic E-state index is 12.1. The van der Waals surface area contributed by atoms with Gasteiger partial charge in [0.1, 0.15) is 0 Å². The van der Waals surface area contributed by atoms with Crippen molar-refractivity contribution in [2.45, 2.75) is 6.92 Å². The van der Waals surface area contributed by atoms with Gasteiger partial charge in [-0.2, -0.15) is 0 Å². The Hall–Kier alpha value is -1.52. The second-order valence-corrected chi connectivity index (χ2v) is 5.47. The summed E-state index contributed by atoms with van der Waals surface area (Å²) in [6.07, 6.45) is 0. The van der Waals surface area contributed by atoms with E-state index >= 15 is 0 Å². The zero-order chi connectivity index (χ0) is 14.0. The van der Waals surface area contributed by atoms with E-state index in [1.54, 1.807) is 24.3 Å². The number of nitrogen functional groups attached to an aromatic ring is 1. The van der Waals surface area contributed by atoms with Crippen LogP contribution in [0.4, 0.5) is 11.4 Å². The molecule has 0 aliphatic heterocycles. The number of hydrogen-bond acceptors (Lipinski definition) is 2. The lowest BCUT2D eigenvalue weighted by atomic mass is 10.1. The summed E-state index contributed by atoms with van der Waals surface area (Å²) in [6, 6.07) is 10.5. The van der Waals surface area contributed by atoms with Crippen LogP contribution < -0.4 is 11.1 Å². The van der Waals surface area contributed by atoms with Crippen LogP contribution in [0.1, 0.15) is 15.9 Å². The van der Waals surface area contributed by atoms with Crippen LogP contribution in [0.3, 0.4) is 0 Å². The summed E-state index contributed by atoms with van der Waals surface area (Å²) in [5.41, 5.74) is 8.38. The molecular formula is C14H12BrClN2O. The van der Waals surface area contributed by atoms with Crippen molar-refractivity contribution in [1.82, 2.24) is 0 Å². The number of rotatable bonds is 2. The first-order chi connectivity index (χ1) is 8.97. The lowest BCUT2D eigenvalue weighted by Gasteiger charge is -2.09. The van der Waals surface area contributed by atoms with Gasteiger partial charge in [0, 0.05) is 15.7 Å². The second kappa shape index (κ2) is 5.63. The first-order valence-corrected chi connectivity index (χ1v) is 6.77. The number of halogens is 2. The van der Waals surface area contributed by atoms with Gasteiger partial charge in [-0.3, -0.25) is 4.79 Å². The molecule has 0 saturated carbocycles. The van der Waals surface area contributed by atoms with Crippen LogP contribution in [0, 0.1) is 6.92 Å². The standard InChI is InChI=1S/C14H12BrClN2O/c1-8-2-3-9(6-12(8)17)14(19)18-13-7-10(15)4-5-11(13)16/h2-7H,17H2,1H3,(H,18,19). The fourth-order valence-corrected chi connectivity index (χ4v) is 2.10. The molecule has 98 valence electrons. The monoisotopic (exact) mass is 338 g/mol. The quantitative estimate of drug-likeness (QED) is 0.804. The first kappa shape index (κ1) is 13.9. The van der Waals surface area contributed by atoms with Gasteiger partial charge in [-0.25, -0.2) is 0 Å². The molecule has 5 heteroatoms. The molecule has 2 aromatic rings. The molecule has 0 spiro atoms. The second-order valence-electron chi connectivity index (χ2n) is 4.15. The summed E-state index contributed by atoms with van der Waals surface area (Å²) < 4.78 is 0.843. The fourth-order valence-electron chi connectivity index (χ4n) is 1.57. The van der Waals surface area contributed by atoms with E-state index in [4.69, 9.17) is 17.3 Å². The Labute approximate surface area is 124 Å². The number of hydrogen-bond donors (Lipinski definition) is 2. The van der Waals surface area contributed by atoms with E-state index in [0.29, 0.717) is 22.0 Å². The SMILES string of the molecule is Cc1ccc(C(=O)Nc2cc(Br)ccc2Cl)cc1N. The molecular weight excluding hydrogens is 328 g/mol. The predicted octanol–water partition coefficient (Wildman–Crippen LogP) is 4.25. The van der Waals surface area contributed by atoms with Crippen LogP contribution in [-0.4, -0.2) is 5.91 Å². The maximum atomic E-state index is 12.1. The van der Waals surface area contributed by atoms with E-state index in [0.717, 1.165) is 10.0 Å². The van der Waals surface area contributed by atoms with Crippen molar-refractivity contribution in [3.8, 4) is 0 Å². The third-order valence-electron chi connectivity index (χ3n) is 2.72.